The van der Waals surface area contributed by atoms with Gasteiger partial charge in [-0.1, -0.05) is 0 Å². The third-order valence-electron chi connectivity index (χ3n) is 4.87. The van der Waals surface area contributed by atoms with Gasteiger partial charge in [-0.05, 0) is 51.3 Å². The summed E-state index contributed by atoms with van der Waals surface area (Å²) in [4.78, 5) is 4.60. The summed E-state index contributed by atoms with van der Waals surface area (Å²) in [5.41, 5.74) is 5.87. The molecule has 1 aliphatic carbocycles. The van der Waals surface area contributed by atoms with Gasteiger partial charge in [0.25, 0.3) is 0 Å². The van der Waals surface area contributed by atoms with Crippen molar-refractivity contribution in [2.24, 2.45) is 4.99 Å². The maximum atomic E-state index is 14.1. The van der Waals surface area contributed by atoms with E-state index in [-0.39, 0.29) is 11.3 Å². The normalized spacial score (nSPS) is 29.8. The molecule has 114 valence electrons. The molecule has 0 saturated heterocycles. The average molecular weight is 310 g/mol. The zero-order chi connectivity index (χ0) is 15.5. The highest BCUT2D eigenvalue weighted by Crippen LogP contribution is 2.48. The SMILES string of the molecule is CC1=N[C@](C)(c2cc(N)ccc2F)CS(=O)(=O)C12CCC2. The van der Waals surface area contributed by atoms with E-state index in [1.807, 2.05) is 0 Å². The van der Waals surface area contributed by atoms with Gasteiger partial charge in [0, 0.05) is 17.0 Å². The fraction of sp³-hybridized carbons (Fsp3) is 0.533. The zero-order valence-electron chi connectivity index (χ0n) is 12.2. The standard InChI is InChI=1S/C15H19FN2O2S/c1-10-15(6-3-7-15)21(19,20)9-14(2,18-10)12-8-11(17)4-5-13(12)16/h4-5,8H,3,6-7,9,17H2,1-2H3/t14-/m0/s1. The minimum absolute atomic E-state index is 0.169. The van der Waals surface area contributed by atoms with E-state index < -0.39 is 25.9 Å². The van der Waals surface area contributed by atoms with Crippen LogP contribution in [0.25, 0.3) is 0 Å². The van der Waals surface area contributed by atoms with Crippen molar-refractivity contribution >= 4 is 21.2 Å². The van der Waals surface area contributed by atoms with Gasteiger partial charge < -0.3 is 5.73 Å². The molecule has 2 N–H and O–H groups in total. The number of halogens is 1. The second-order valence-electron chi connectivity index (χ2n) is 6.32. The third kappa shape index (κ3) is 1.92. The van der Waals surface area contributed by atoms with Crippen LogP contribution in [0.4, 0.5) is 10.1 Å². The molecule has 0 bridgehead atoms. The number of hydrogen-bond donors (Lipinski definition) is 1. The van der Waals surface area contributed by atoms with Crippen LogP contribution in [0.15, 0.2) is 23.2 Å². The predicted molar refractivity (Wildman–Crippen MR) is 81.6 cm³/mol. The Hall–Kier alpha value is -1.43. The van der Waals surface area contributed by atoms with Crippen molar-refractivity contribution < 1.29 is 12.8 Å². The predicted octanol–water partition coefficient (Wildman–Crippen LogP) is 2.44. The lowest BCUT2D eigenvalue weighted by Gasteiger charge is -2.47. The number of aliphatic imine (C=N–C) groups is 1. The van der Waals surface area contributed by atoms with Gasteiger partial charge in [-0.3, -0.25) is 4.99 Å². The Balaban J connectivity index is 2.17. The van der Waals surface area contributed by atoms with Gasteiger partial charge in [-0.2, -0.15) is 0 Å². The highest BCUT2D eigenvalue weighted by molar-refractivity contribution is 7.93. The first kappa shape index (κ1) is 14.5. The van der Waals surface area contributed by atoms with Crippen molar-refractivity contribution in [2.75, 3.05) is 11.5 Å². The van der Waals surface area contributed by atoms with Crippen molar-refractivity contribution in [2.45, 2.75) is 43.4 Å². The number of nitrogens with zero attached hydrogens (tertiary/aromatic N) is 1. The quantitative estimate of drug-likeness (QED) is 0.810. The smallest absolute Gasteiger partial charge is 0.164 e. The first-order valence-corrected chi connectivity index (χ1v) is 8.70. The minimum Gasteiger partial charge on any atom is -0.399 e. The van der Waals surface area contributed by atoms with Crippen LogP contribution in [0.1, 0.15) is 38.7 Å². The molecule has 21 heavy (non-hydrogen) atoms. The fourth-order valence-corrected chi connectivity index (χ4v) is 6.14. The number of hydrogen-bond acceptors (Lipinski definition) is 4. The van der Waals surface area contributed by atoms with Crippen LogP contribution in [-0.2, 0) is 15.4 Å². The monoisotopic (exact) mass is 310 g/mol. The van der Waals surface area contributed by atoms with Gasteiger partial charge >= 0.3 is 0 Å². The second kappa shape index (κ2) is 4.29. The lowest BCUT2D eigenvalue weighted by molar-refractivity contribution is 0.389. The van der Waals surface area contributed by atoms with Crippen molar-refractivity contribution in [3.05, 3.63) is 29.6 Å². The molecule has 1 spiro atoms. The summed E-state index contributed by atoms with van der Waals surface area (Å²) in [6.45, 7) is 3.41. The number of benzene rings is 1. The molecular formula is C15H19FN2O2S. The number of sulfone groups is 1. The highest BCUT2D eigenvalue weighted by Gasteiger charge is 2.56. The number of rotatable bonds is 1. The molecule has 1 atom stereocenters. The molecule has 4 nitrogen and oxygen atoms in total. The van der Waals surface area contributed by atoms with Crippen molar-refractivity contribution in [1.82, 2.24) is 0 Å². The average Bonchev–Trinajstić information content (AvgIpc) is 2.27. The summed E-state index contributed by atoms with van der Waals surface area (Å²) < 4.78 is 38.8. The Labute approximate surface area is 124 Å². The number of nitrogens with two attached hydrogens (primary N) is 1. The van der Waals surface area contributed by atoms with E-state index in [0.717, 1.165) is 6.42 Å². The molecule has 0 radical (unpaired) electrons. The van der Waals surface area contributed by atoms with Crippen LogP contribution in [-0.4, -0.2) is 24.6 Å². The van der Waals surface area contributed by atoms with Crippen molar-refractivity contribution in [1.29, 1.82) is 0 Å². The van der Waals surface area contributed by atoms with E-state index >= 15 is 0 Å². The van der Waals surface area contributed by atoms with Gasteiger partial charge in [-0.15, -0.1) is 0 Å². The van der Waals surface area contributed by atoms with E-state index in [2.05, 4.69) is 4.99 Å². The summed E-state index contributed by atoms with van der Waals surface area (Å²) in [7, 11) is -3.36. The summed E-state index contributed by atoms with van der Waals surface area (Å²) >= 11 is 0. The lowest BCUT2D eigenvalue weighted by Crippen LogP contribution is -2.58. The van der Waals surface area contributed by atoms with E-state index in [1.165, 1.54) is 18.2 Å². The first-order chi connectivity index (χ1) is 9.70. The molecule has 0 aromatic heterocycles. The Morgan fingerprint density at radius 2 is 2.00 bits per heavy atom. The topological polar surface area (TPSA) is 72.5 Å². The van der Waals surface area contributed by atoms with Gasteiger partial charge in [0.05, 0.1) is 11.3 Å². The van der Waals surface area contributed by atoms with E-state index in [1.54, 1.807) is 13.8 Å². The molecule has 0 unspecified atom stereocenters. The minimum atomic E-state index is -3.36. The Morgan fingerprint density at radius 1 is 1.33 bits per heavy atom. The van der Waals surface area contributed by atoms with E-state index in [4.69, 9.17) is 5.73 Å². The summed E-state index contributed by atoms with van der Waals surface area (Å²) in [6, 6.07) is 4.21. The van der Waals surface area contributed by atoms with Crippen LogP contribution < -0.4 is 5.73 Å². The van der Waals surface area contributed by atoms with Crippen LogP contribution in [0.5, 0.6) is 0 Å². The fourth-order valence-electron chi connectivity index (χ4n) is 3.50. The van der Waals surface area contributed by atoms with Gasteiger partial charge in [0.15, 0.2) is 9.84 Å². The van der Waals surface area contributed by atoms with E-state index in [9.17, 15) is 12.8 Å². The second-order valence-corrected chi connectivity index (χ2v) is 8.62. The molecule has 1 heterocycles. The van der Waals surface area contributed by atoms with Crippen molar-refractivity contribution in [3.63, 3.8) is 0 Å². The Morgan fingerprint density at radius 3 is 2.52 bits per heavy atom. The zero-order valence-corrected chi connectivity index (χ0v) is 13.0. The van der Waals surface area contributed by atoms with Crippen molar-refractivity contribution in [3.8, 4) is 0 Å². The first-order valence-electron chi connectivity index (χ1n) is 7.05. The molecule has 3 rings (SSSR count). The molecule has 1 aliphatic heterocycles. The summed E-state index contributed by atoms with van der Waals surface area (Å²) in [6.07, 6.45) is 2.15. The Kier molecular flexibility index (Phi) is 2.96. The Bertz CT molecular complexity index is 738. The molecule has 0 amide bonds. The number of nitrogen functional groups attached to an aromatic ring is 1. The van der Waals surface area contributed by atoms with Gasteiger partial charge in [-0.25, -0.2) is 12.8 Å². The number of anilines is 1. The molecule has 1 aromatic carbocycles. The van der Waals surface area contributed by atoms with Crippen LogP contribution in [0.3, 0.4) is 0 Å². The van der Waals surface area contributed by atoms with Crippen LogP contribution in [0.2, 0.25) is 0 Å². The van der Waals surface area contributed by atoms with Gasteiger partial charge in [0.1, 0.15) is 10.6 Å². The molecular weight excluding hydrogens is 291 g/mol. The molecule has 1 aromatic rings. The largest absolute Gasteiger partial charge is 0.399 e. The molecule has 6 heteroatoms. The maximum Gasteiger partial charge on any atom is 0.164 e. The molecule has 1 fully saturated rings. The maximum absolute atomic E-state index is 14.1. The summed E-state index contributed by atoms with van der Waals surface area (Å²) in [5, 5.41) is 0. The lowest BCUT2D eigenvalue weighted by atomic mass is 9.80. The molecule has 1 saturated carbocycles. The van der Waals surface area contributed by atoms with Gasteiger partial charge in [0.2, 0.25) is 0 Å². The molecule has 2 aliphatic rings. The highest BCUT2D eigenvalue weighted by atomic mass is 32.2. The summed E-state index contributed by atoms with van der Waals surface area (Å²) in [5.74, 6) is -0.638. The van der Waals surface area contributed by atoms with Crippen LogP contribution >= 0.6 is 0 Å². The third-order valence-corrected chi connectivity index (χ3v) is 7.71. The van der Waals surface area contributed by atoms with Crippen LogP contribution in [0, 0.1) is 5.82 Å². The van der Waals surface area contributed by atoms with E-state index in [0.29, 0.717) is 24.2 Å².